The highest BCUT2D eigenvalue weighted by Gasteiger charge is 2.51. The van der Waals surface area contributed by atoms with E-state index in [0.29, 0.717) is 11.3 Å². The van der Waals surface area contributed by atoms with Gasteiger partial charge in [-0.25, -0.2) is 0 Å². The molecule has 168 valence electrons. The molecule has 0 unspecified atom stereocenters. The summed E-state index contributed by atoms with van der Waals surface area (Å²) in [5.74, 6) is 5.06. The SMILES string of the molecule is CCCCOc1c(OC)cc2c(c1OCCCC)[C@H]1CC[C@]3(C)CCC[C@H]3[C@@H]1CC2. The van der Waals surface area contributed by atoms with Gasteiger partial charge in [-0.3, -0.25) is 0 Å². The first-order valence-corrected chi connectivity index (χ1v) is 12.6. The summed E-state index contributed by atoms with van der Waals surface area (Å²) in [6.45, 7) is 8.49. The maximum atomic E-state index is 6.53. The molecule has 0 N–H and O–H groups in total. The van der Waals surface area contributed by atoms with Crippen molar-refractivity contribution < 1.29 is 14.2 Å². The Balaban J connectivity index is 1.73. The monoisotopic (exact) mass is 414 g/mol. The number of aryl methyl sites for hydroxylation is 1. The first-order chi connectivity index (χ1) is 14.6. The highest BCUT2D eigenvalue weighted by molar-refractivity contribution is 5.61. The molecule has 3 aliphatic rings. The van der Waals surface area contributed by atoms with Crippen LogP contribution in [0, 0.1) is 17.3 Å². The minimum atomic E-state index is 0.578. The van der Waals surface area contributed by atoms with E-state index in [2.05, 4.69) is 26.8 Å². The smallest absolute Gasteiger partial charge is 0.203 e. The summed E-state index contributed by atoms with van der Waals surface area (Å²) in [7, 11) is 1.76. The molecule has 0 aromatic heterocycles. The summed E-state index contributed by atoms with van der Waals surface area (Å²) in [6.07, 6.45) is 13.8. The number of hydrogen-bond donors (Lipinski definition) is 0. The first-order valence-electron chi connectivity index (χ1n) is 12.6. The van der Waals surface area contributed by atoms with Crippen molar-refractivity contribution in [2.45, 2.75) is 97.3 Å². The Hall–Kier alpha value is -1.38. The zero-order chi connectivity index (χ0) is 21.1. The Labute approximate surface area is 183 Å². The van der Waals surface area contributed by atoms with Gasteiger partial charge in [-0.05, 0) is 86.2 Å². The van der Waals surface area contributed by atoms with Crippen LogP contribution >= 0.6 is 0 Å². The van der Waals surface area contributed by atoms with Crippen molar-refractivity contribution in [2.24, 2.45) is 17.3 Å². The van der Waals surface area contributed by atoms with Gasteiger partial charge in [-0.2, -0.15) is 0 Å². The summed E-state index contributed by atoms with van der Waals surface area (Å²) in [5.41, 5.74) is 3.50. The van der Waals surface area contributed by atoms with E-state index in [4.69, 9.17) is 14.2 Å². The molecule has 0 aliphatic heterocycles. The van der Waals surface area contributed by atoms with Gasteiger partial charge >= 0.3 is 0 Å². The number of ether oxygens (including phenoxy) is 3. The molecular formula is C27H42O3. The number of fused-ring (bicyclic) bond motifs is 5. The molecule has 4 rings (SSSR count). The van der Waals surface area contributed by atoms with Crippen molar-refractivity contribution in [3.8, 4) is 17.2 Å². The molecule has 0 heterocycles. The van der Waals surface area contributed by atoms with Crippen LogP contribution in [0.5, 0.6) is 17.2 Å². The lowest BCUT2D eigenvalue weighted by molar-refractivity contribution is 0.0582. The second-order valence-electron chi connectivity index (χ2n) is 10.2. The third kappa shape index (κ3) is 3.94. The summed E-state index contributed by atoms with van der Waals surface area (Å²) in [5, 5.41) is 0. The van der Waals surface area contributed by atoms with Gasteiger partial charge in [0.15, 0.2) is 11.5 Å². The minimum Gasteiger partial charge on any atom is -0.493 e. The Kier molecular flexibility index (Phi) is 6.85. The Morgan fingerprint density at radius 2 is 1.70 bits per heavy atom. The second-order valence-corrected chi connectivity index (χ2v) is 10.2. The number of benzene rings is 1. The third-order valence-electron chi connectivity index (χ3n) is 8.37. The molecule has 2 fully saturated rings. The maximum absolute atomic E-state index is 6.53. The fourth-order valence-electron chi connectivity index (χ4n) is 6.73. The summed E-state index contributed by atoms with van der Waals surface area (Å²) in [4.78, 5) is 0. The van der Waals surface area contributed by atoms with Crippen molar-refractivity contribution in [1.29, 1.82) is 0 Å². The van der Waals surface area contributed by atoms with Gasteiger partial charge in [0.05, 0.1) is 20.3 Å². The van der Waals surface area contributed by atoms with E-state index in [1.54, 1.807) is 7.11 Å². The van der Waals surface area contributed by atoms with Gasteiger partial charge in [0.2, 0.25) is 5.75 Å². The van der Waals surface area contributed by atoms with Crippen LogP contribution in [0.2, 0.25) is 0 Å². The zero-order valence-electron chi connectivity index (χ0n) is 19.7. The molecule has 0 spiro atoms. The number of methoxy groups -OCH3 is 1. The van der Waals surface area contributed by atoms with Gasteiger partial charge in [0.1, 0.15) is 0 Å². The van der Waals surface area contributed by atoms with Crippen LogP contribution in [0.1, 0.15) is 102 Å². The molecule has 0 radical (unpaired) electrons. The predicted molar refractivity (Wildman–Crippen MR) is 123 cm³/mol. The third-order valence-corrected chi connectivity index (χ3v) is 8.37. The number of rotatable bonds is 9. The largest absolute Gasteiger partial charge is 0.493 e. The maximum Gasteiger partial charge on any atom is 0.203 e. The zero-order valence-corrected chi connectivity index (χ0v) is 19.7. The van der Waals surface area contributed by atoms with Crippen molar-refractivity contribution in [2.75, 3.05) is 20.3 Å². The lowest BCUT2D eigenvalue weighted by Gasteiger charge is -2.49. The average Bonchev–Trinajstić information content (AvgIpc) is 3.16. The van der Waals surface area contributed by atoms with Crippen LogP contribution in [0.15, 0.2) is 6.07 Å². The minimum absolute atomic E-state index is 0.578. The molecule has 3 nitrogen and oxygen atoms in total. The molecule has 0 saturated heterocycles. The van der Waals surface area contributed by atoms with E-state index in [0.717, 1.165) is 74.4 Å². The summed E-state index contributed by atoms with van der Waals surface area (Å²) < 4.78 is 18.7. The molecule has 0 amide bonds. The van der Waals surface area contributed by atoms with Gasteiger partial charge in [0, 0.05) is 5.56 Å². The molecule has 0 bridgehead atoms. The second kappa shape index (κ2) is 9.40. The molecular weight excluding hydrogens is 372 g/mol. The van der Waals surface area contributed by atoms with Gasteiger partial charge in [0.25, 0.3) is 0 Å². The lowest BCUT2D eigenvalue weighted by Crippen LogP contribution is -2.39. The molecule has 4 atom stereocenters. The van der Waals surface area contributed by atoms with E-state index in [1.165, 1.54) is 49.7 Å². The van der Waals surface area contributed by atoms with Crippen LogP contribution in [-0.4, -0.2) is 20.3 Å². The quantitative estimate of drug-likeness (QED) is 0.397. The highest BCUT2D eigenvalue weighted by Crippen LogP contribution is 2.63. The van der Waals surface area contributed by atoms with Gasteiger partial charge < -0.3 is 14.2 Å². The van der Waals surface area contributed by atoms with E-state index in [9.17, 15) is 0 Å². The Morgan fingerprint density at radius 1 is 0.967 bits per heavy atom. The van der Waals surface area contributed by atoms with E-state index in [1.807, 2.05) is 0 Å². The van der Waals surface area contributed by atoms with Crippen LogP contribution in [-0.2, 0) is 6.42 Å². The van der Waals surface area contributed by atoms with Crippen molar-refractivity contribution in [3.63, 3.8) is 0 Å². The van der Waals surface area contributed by atoms with E-state index >= 15 is 0 Å². The lowest BCUT2D eigenvalue weighted by atomic mass is 9.55. The van der Waals surface area contributed by atoms with Crippen LogP contribution in [0.4, 0.5) is 0 Å². The van der Waals surface area contributed by atoms with Crippen molar-refractivity contribution >= 4 is 0 Å². The molecule has 1 aromatic carbocycles. The first kappa shape index (κ1) is 21.8. The molecule has 30 heavy (non-hydrogen) atoms. The van der Waals surface area contributed by atoms with Gasteiger partial charge in [-0.15, -0.1) is 0 Å². The molecule has 2 saturated carbocycles. The average molecular weight is 415 g/mol. The van der Waals surface area contributed by atoms with Crippen molar-refractivity contribution in [1.82, 2.24) is 0 Å². The van der Waals surface area contributed by atoms with Crippen molar-refractivity contribution in [3.05, 3.63) is 17.2 Å². The predicted octanol–water partition coefficient (Wildman–Crippen LogP) is 7.30. The van der Waals surface area contributed by atoms with Gasteiger partial charge in [-0.1, -0.05) is 40.0 Å². The highest BCUT2D eigenvalue weighted by atomic mass is 16.5. The van der Waals surface area contributed by atoms with E-state index < -0.39 is 0 Å². The van der Waals surface area contributed by atoms with Crippen LogP contribution < -0.4 is 14.2 Å². The topological polar surface area (TPSA) is 27.7 Å². The Bertz CT molecular complexity index is 727. The number of hydrogen-bond acceptors (Lipinski definition) is 3. The fourth-order valence-corrected chi connectivity index (χ4v) is 6.73. The summed E-state index contributed by atoms with van der Waals surface area (Å²) >= 11 is 0. The molecule has 1 aromatic rings. The van der Waals surface area contributed by atoms with Crippen LogP contribution in [0.25, 0.3) is 0 Å². The summed E-state index contributed by atoms with van der Waals surface area (Å²) in [6, 6.07) is 2.27. The Morgan fingerprint density at radius 3 is 2.40 bits per heavy atom. The van der Waals surface area contributed by atoms with E-state index in [-0.39, 0.29) is 0 Å². The fraction of sp³-hybridized carbons (Fsp3) is 0.778. The normalized spacial score (nSPS) is 29.7. The molecule has 3 aliphatic carbocycles. The number of unbranched alkanes of at least 4 members (excludes halogenated alkanes) is 2. The van der Waals surface area contributed by atoms with Crippen LogP contribution in [0.3, 0.4) is 0 Å². The molecule has 3 heteroatoms. The standard InChI is InChI=1S/C27H42O3/c1-5-7-16-29-25-23(28-4)18-19-11-12-20-21(24(19)26(25)30-17-8-6-2)13-15-27(3)14-9-10-22(20)27/h18,20-22H,5-17H2,1-4H3/t20-,21+,22+,27+/m1/s1.